The van der Waals surface area contributed by atoms with Gasteiger partial charge in [0.1, 0.15) is 0 Å². The van der Waals surface area contributed by atoms with Crippen LogP contribution in [0.15, 0.2) is 0 Å². The summed E-state index contributed by atoms with van der Waals surface area (Å²) in [5, 5.41) is 8.82. The molecule has 0 fully saturated rings. The van der Waals surface area contributed by atoms with Crippen molar-refractivity contribution in [3.63, 3.8) is 0 Å². The number of hydrogen-bond acceptors (Lipinski definition) is 3. The molecular weight excluding hydrogens is 216 g/mol. The Hall–Kier alpha value is -0.580. The predicted octanol–water partition coefficient (Wildman–Crippen LogP) is 1.56. The second-order valence-electron chi connectivity index (χ2n) is 4.96. The third-order valence-corrected chi connectivity index (χ3v) is 4.19. The van der Waals surface area contributed by atoms with Crippen molar-refractivity contribution in [2.24, 2.45) is 11.3 Å². The van der Waals surface area contributed by atoms with Gasteiger partial charge in [-0.1, -0.05) is 13.8 Å². The molecule has 0 aromatic heterocycles. The zero-order chi connectivity index (χ0) is 12.3. The van der Waals surface area contributed by atoms with Gasteiger partial charge >= 0.3 is 5.97 Å². The van der Waals surface area contributed by atoms with Crippen LogP contribution in [0.4, 0.5) is 0 Å². The standard InChI is InChI=1S/C10H20O4S/c1-8(2)5-6-15(13,14)7-10(3,4)9(11)12/h8H,5-7H2,1-4H3,(H,11,12). The van der Waals surface area contributed by atoms with E-state index in [-0.39, 0.29) is 11.5 Å². The highest BCUT2D eigenvalue weighted by Gasteiger charge is 2.33. The first-order chi connectivity index (χ1) is 6.57. The third-order valence-electron chi connectivity index (χ3n) is 2.17. The highest BCUT2D eigenvalue weighted by Crippen LogP contribution is 2.19. The summed E-state index contributed by atoms with van der Waals surface area (Å²) in [7, 11) is -3.26. The molecule has 0 amide bonds. The Bertz CT molecular complexity index is 314. The van der Waals surface area contributed by atoms with Gasteiger partial charge in [0, 0.05) is 0 Å². The minimum Gasteiger partial charge on any atom is -0.481 e. The molecule has 0 aromatic carbocycles. The SMILES string of the molecule is CC(C)CCS(=O)(=O)CC(C)(C)C(=O)O. The van der Waals surface area contributed by atoms with Gasteiger partial charge in [0.25, 0.3) is 0 Å². The largest absolute Gasteiger partial charge is 0.481 e. The maximum Gasteiger partial charge on any atom is 0.310 e. The molecule has 0 bridgehead atoms. The van der Waals surface area contributed by atoms with Crippen LogP contribution in [0, 0.1) is 11.3 Å². The Kier molecular flexibility index (Phi) is 4.77. The average molecular weight is 236 g/mol. The number of carbonyl (C=O) groups is 1. The molecule has 0 spiro atoms. The molecule has 0 rings (SSSR count). The maximum absolute atomic E-state index is 11.6. The highest BCUT2D eigenvalue weighted by molar-refractivity contribution is 7.91. The van der Waals surface area contributed by atoms with Crippen LogP contribution >= 0.6 is 0 Å². The van der Waals surface area contributed by atoms with Crippen LogP contribution < -0.4 is 0 Å². The lowest BCUT2D eigenvalue weighted by molar-refractivity contribution is -0.145. The second kappa shape index (κ2) is 4.96. The van der Waals surface area contributed by atoms with Gasteiger partial charge in [-0.3, -0.25) is 4.79 Å². The Morgan fingerprint density at radius 2 is 1.80 bits per heavy atom. The summed E-state index contributed by atoms with van der Waals surface area (Å²) in [4.78, 5) is 10.8. The van der Waals surface area contributed by atoms with E-state index in [0.29, 0.717) is 12.3 Å². The number of hydrogen-bond donors (Lipinski definition) is 1. The van der Waals surface area contributed by atoms with Crippen molar-refractivity contribution in [2.75, 3.05) is 11.5 Å². The Balaban J connectivity index is 4.45. The van der Waals surface area contributed by atoms with Crippen LogP contribution in [0.1, 0.15) is 34.1 Å². The van der Waals surface area contributed by atoms with Crippen molar-refractivity contribution < 1.29 is 18.3 Å². The molecule has 0 saturated heterocycles. The highest BCUT2D eigenvalue weighted by atomic mass is 32.2. The van der Waals surface area contributed by atoms with Crippen LogP contribution in [-0.2, 0) is 14.6 Å². The fourth-order valence-corrected chi connectivity index (χ4v) is 3.30. The Labute approximate surface area is 91.6 Å². The molecule has 90 valence electrons. The summed E-state index contributed by atoms with van der Waals surface area (Å²) in [6.07, 6.45) is 0.581. The first kappa shape index (κ1) is 14.4. The van der Waals surface area contributed by atoms with Crippen LogP contribution in [-0.4, -0.2) is 31.0 Å². The third kappa shape index (κ3) is 5.77. The van der Waals surface area contributed by atoms with E-state index in [2.05, 4.69) is 0 Å². The van der Waals surface area contributed by atoms with E-state index in [9.17, 15) is 13.2 Å². The van der Waals surface area contributed by atoms with Crippen LogP contribution in [0.25, 0.3) is 0 Å². The minimum atomic E-state index is -3.26. The smallest absolute Gasteiger partial charge is 0.310 e. The van der Waals surface area contributed by atoms with Gasteiger partial charge in [0.15, 0.2) is 9.84 Å². The van der Waals surface area contributed by atoms with Gasteiger partial charge in [0.2, 0.25) is 0 Å². The number of aliphatic carboxylic acids is 1. The Morgan fingerprint density at radius 3 is 2.13 bits per heavy atom. The summed E-state index contributed by atoms with van der Waals surface area (Å²) < 4.78 is 23.2. The molecular formula is C10H20O4S. The van der Waals surface area contributed by atoms with E-state index < -0.39 is 21.2 Å². The lowest BCUT2D eigenvalue weighted by Crippen LogP contribution is -2.33. The van der Waals surface area contributed by atoms with Crippen molar-refractivity contribution in [1.29, 1.82) is 0 Å². The molecule has 0 aliphatic carbocycles. The van der Waals surface area contributed by atoms with E-state index in [1.807, 2.05) is 13.8 Å². The maximum atomic E-state index is 11.6. The monoisotopic (exact) mass is 236 g/mol. The zero-order valence-electron chi connectivity index (χ0n) is 9.78. The number of rotatable bonds is 6. The lowest BCUT2D eigenvalue weighted by Gasteiger charge is -2.19. The second-order valence-corrected chi connectivity index (χ2v) is 7.15. The predicted molar refractivity (Wildman–Crippen MR) is 59.5 cm³/mol. The van der Waals surface area contributed by atoms with Crippen LogP contribution in [0.2, 0.25) is 0 Å². The van der Waals surface area contributed by atoms with Gasteiger partial charge in [-0.15, -0.1) is 0 Å². The number of sulfone groups is 1. The molecule has 0 heterocycles. The summed E-state index contributed by atoms with van der Waals surface area (Å²) in [6.45, 7) is 6.75. The molecule has 0 aliphatic rings. The fourth-order valence-electron chi connectivity index (χ4n) is 1.10. The molecule has 0 aromatic rings. The van der Waals surface area contributed by atoms with E-state index in [1.165, 1.54) is 13.8 Å². The van der Waals surface area contributed by atoms with Crippen molar-refractivity contribution in [1.82, 2.24) is 0 Å². The molecule has 0 radical (unpaired) electrons. The molecule has 0 aliphatic heterocycles. The van der Waals surface area contributed by atoms with Gasteiger partial charge in [-0.25, -0.2) is 8.42 Å². The molecule has 5 heteroatoms. The molecule has 0 unspecified atom stereocenters. The number of carboxylic acids is 1. The number of carboxylic acid groups (broad SMARTS) is 1. The van der Waals surface area contributed by atoms with E-state index in [4.69, 9.17) is 5.11 Å². The fraction of sp³-hybridized carbons (Fsp3) is 0.900. The topological polar surface area (TPSA) is 71.4 Å². The van der Waals surface area contributed by atoms with Crippen molar-refractivity contribution in [3.8, 4) is 0 Å². The first-order valence-corrected chi connectivity index (χ1v) is 6.83. The minimum absolute atomic E-state index is 0.0708. The summed E-state index contributed by atoms with van der Waals surface area (Å²) in [6, 6.07) is 0. The van der Waals surface area contributed by atoms with Gasteiger partial charge in [0.05, 0.1) is 16.9 Å². The van der Waals surface area contributed by atoms with Gasteiger partial charge in [-0.05, 0) is 26.2 Å². The molecule has 0 saturated carbocycles. The van der Waals surface area contributed by atoms with Crippen molar-refractivity contribution in [3.05, 3.63) is 0 Å². The quantitative estimate of drug-likeness (QED) is 0.759. The van der Waals surface area contributed by atoms with Crippen molar-refractivity contribution in [2.45, 2.75) is 34.1 Å². The van der Waals surface area contributed by atoms with Crippen molar-refractivity contribution >= 4 is 15.8 Å². The molecule has 1 N–H and O–H groups in total. The normalized spacial score (nSPS) is 13.1. The van der Waals surface area contributed by atoms with Crippen LogP contribution in [0.5, 0.6) is 0 Å². The molecule has 15 heavy (non-hydrogen) atoms. The van der Waals surface area contributed by atoms with E-state index in [0.717, 1.165) is 0 Å². The molecule has 4 nitrogen and oxygen atoms in total. The summed E-state index contributed by atoms with van der Waals surface area (Å²) >= 11 is 0. The Morgan fingerprint density at radius 1 is 1.33 bits per heavy atom. The molecule has 0 atom stereocenters. The van der Waals surface area contributed by atoms with E-state index in [1.54, 1.807) is 0 Å². The summed E-state index contributed by atoms with van der Waals surface area (Å²) in [5.41, 5.74) is -1.20. The lowest BCUT2D eigenvalue weighted by atomic mass is 9.97. The first-order valence-electron chi connectivity index (χ1n) is 5.00. The van der Waals surface area contributed by atoms with Crippen LogP contribution in [0.3, 0.4) is 0 Å². The van der Waals surface area contributed by atoms with Gasteiger partial charge in [-0.2, -0.15) is 0 Å². The average Bonchev–Trinajstić information content (AvgIpc) is 1.99. The van der Waals surface area contributed by atoms with Gasteiger partial charge < -0.3 is 5.11 Å². The zero-order valence-corrected chi connectivity index (χ0v) is 10.6. The van der Waals surface area contributed by atoms with E-state index >= 15 is 0 Å². The summed E-state index contributed by atoms with van der Waals surface area (Å²) in [5.74, 6) is -0.980.